The van der Waals surface area contributed by atoms with E-state index in [-0.39, 0.29) is 11.9 Å². The molecule has 1 aliphatic heterocycles. The summed E-state index contributed by atoms with van der Waals surface area (Å²) in [5, 5.41) is 6.12. The predicted molar refractivity (Wildman–Crippen MR) is 104 cm³/mol. The van der Waals surface area contributed by atoms with Gasteiger partial charge in [-0.15, -0.1) is 0 Å². The van der Waals surface area contributed by atoms with Gasteiger partial charge in [0, 0.05) is 18.9 Å². The van der Waals surface area contributed by atoms with Crippen LogP contribution in [0.1, 0.15) is 37.4 Å². The first-order valence-corrected chi connectivity index (χ1v) is 8.89. The SMILES string of the molecule is CCOc1ccc([C@@H]2CC(c3ccc(OC)c(OC)c3)=NN2C(C)=O)cc1. The molecule has 0 spiro atoms. The summed E-state index contributed by atoms with van der Waals surface area (Å²) in [5.74, 6) is 2.02. The fourth-order valence-corrected chi connectivity index (χ4v) is 3.20. The zero-order valence-electron chi connectivity index (χ0n) is 16.1. The van der Waals surface area contributed by atoms with E-state index < -0.39 is 0 Å². The lowest BCUT2D eigenvalue weighted by molar-refractivity contribution is -0.130. The Morgan fingerprint density at radius 3 is 2.41 bits per heavy atom. The summed E-state index contributed by atoms with van der Waals surface area (Å²) in [6.07, 6.45) is 0.628. The number of hydrazone groups is 1. The van der Waals surface area contributed by atoms with Crippen LogP contribution in [0.5, 0.6) is 17.2 Å². The molecule has 0 fully saturated rings. The first-order valence-electron chi connectivity index (χ1n) is 8.89. The van der Waals surface area contributed by atoms with Crippen molar-refractivity contribution in [3.8, 4) is 17.2 Å². The maximum absolute atomic E-state index is 12.1. The average molecular weight is 368 g/mol. The average Bonchev–Trinajstić information content (AvgIpc) is 3.14. The summed E-state index contributed by atoms with van der Waals surface area (Å²) >= 11 is 0. The summed E-state index contributed by atoms with van der Waals surface area (Å²) < 4.78 is 16.2. The normalized spacial score (nSPS) is 16.1. The molecule has 0 unspecified atom stereocenters. The maximum Gasteiger partial charge on any atom is 0.240 e. The van der Waals surface area contributed by atoms with Gasteiger partial charge in [0.2, 0.25) is 5.91 Å². The largest absolute Gasteiger partial charge is 0.494 e. The van der Waals surface area contributed by atoms with Crippen molar-refractivity contribution in [2.24, 2.45) is 5.10 Å². The van der Waals surface area contributed by atoms with Crippen LogP contribution in [0.3, 0.4) is 0 Å². The van der Waals surface area contributed by atoms with Crippen molar-refractivity contribution in [3.63, 3.8) is 0 Å². The van der Waals surface area contributed by atoms with Crippen LogP contribution in [0.25, 0.3) is 0 Å². The van der Waals surface area contributed by atoms with E-state index in [1.807, 2.05) is 49.4 Å². The van der Waals surface area contributed by atoms with Gasteiger partial charge >= 0.3 is 0 Å². The Bertz CT molecular complexity index is 846. The Hall–Kier alpha value is -3.02. The zero-order chi connectivity index (χ0) is 19.4. The predicted octanol–water partition coefficient (Wildman–Crippen LogP) is 3.80. The van der Waals surface area contributed by atoms with Crippen LogP contribution in [0.4, 0.5) is 0 Å². The Balaban J connectivity index is 1.89. The monoisotopic (exact) mass is 368 g/mol. The second-order valence-corrected chi connectivity index (χ2v) is 6.20. The summed E-state index contributed by atoms with van der Waals surface area (Å²) in [5.41, 5.74) is 2.77. The van der Waals surface area contributed by atoms with E-state index >= 15 is 0 Å². The van der Waals surface area contributed by atoms with Crippen LogP contribution in [0.15, 0.2) is 47.6 Å². The molecule has 0 aliphatic carbocycles. The molecule has 1 atom stereocenters. The standard InChI is InChI=1S/C21H24N2O4/c1-5-27-17-9-6-15(7-10-17)19-13-18(22-23(19)14(2)24)16-8-11-20(25-3)21(12-16)26-4/h6-12,19H,5,13H2,1-4H3/t19-/m0/s1. The molecule has 1 heterocycles. The molecule has 2 aromatic rings. The molecule has 27 heavy (non-hydrogen) atoms. The number of amides is 1. The van der Waals surface area contributed by atoms with Crippen LogP contribution in [-0.2, 0) is 4.79 Å². The summed E-state index contributed by atoms with van der Waals surface area (Å²) in [6.45, 7) is 4.10. The molecule has 0 aromatic heterocycles. The van der Waals surface area contributed by atoms with Crippen molar-refractivity contribution in [2.45, 2.75) is 26.3 Å². The van der Waals surface area contributed by atoms with Crippen molar-refractivity contribution in [3.05, 3.63) is 53.6 Å². The lowest BCUT2D eigenvalue weighted by Gasteiger charge is -2.20. The molecule has 0 N–H and O–H groups in total. The topological polar surface area (TPSA) is 60.4 Å². The molecular weight excluding hydrogens is 344 g/mol. The highest BCUT2D eigenvalue weighted by molar-refractivity contribution is 6.03. The number of ether oxygens (including phenoxy) is 3. The molecule has 1 aliphatic rings. The number of carbonyl (C=O) groups is 1. The van der Waals surface area contributed by atoms with E-state index in [4.69, 9.17) is 14.2 Å². The third-order valence-electron chi connectivity index (χ3n) is 4.53. The molecule has 1 amide bonds. The Morgan fingerprint density at radius 1 is 1.11 bits per heavy atom. The maximum atomic E-state index is 12.1. The van der Waals surface area contributed by atoms with Gasteiger partial charge in [-0.2, -0.15) is 5.10 Å². The molecule has 6 heteroatoms. The molecule has 0 saturated heterocycles. The number of methoxy groups -OCH3 is 2. The minimum atomic E-state index is -0.138. The van der Waals surface area contributed by atoms with Crippen LogP contribution in [0, 0.1) is 0 Å². The van der Waals surface area contributed by atoms with Gasteiger partial charge in [0.25, 0.3) is 0 Å². The highest BCUT2D eigenvalue weighted by Gasteiger charge is 2.31. The summed E-state index contributed by atoms with van der Waals surface area (Å²) in [4.78, 5) is 12.1. The number of nitrogens with zero attached hydrogens (tertiary/aromatic N) is 2. The number of carbonyl (C=O) groups excluding carboxylic acids is 1. The molecule has 0 bridgehead atoms. The fraction of sp³-hybridized carbons (Fsp3) is 0.333. The van der Waals surface area contributed by atoms with E-state index in [1.165, 1.54) is 6.92 Å². The lowest BCUT2D eigenvalue weighted by atomic mass is 9.98. The summed E-state index contributed by atoms with van der Waals surface area (Å²) in [7, 11) is 3.20. The minimum Gasteiger partial charge on any atom is -0.494 e. The number of benzene rings is 2. The second kappa shape index (κ2) is 8.12. The van der Waals surface area contributed by atoms with Gasteiger partial charge in [-0.3, -0.25) is 4.79 Å². The zero-order valence-corrected chi connectivity index (χ0v) is 16.1. The van der Waals surface area contributed by atoms with Gasteiger partial charge in [0.1, 0.15) is 5.75 Å². The van der Waals surface area contributed by atoms with Crippen molar-refractivity contribution < 1.29 is 19.0 Å². The van der Waals surface area contributed by atoms with Gasteiger partial charge in [-0.25, -0.2) is 5.01 Å². The van der Waals surface area contributed by atoms with Gasteiger partial charge < -0.3 is 14.2 Å². The van der Waals surface area contributed by atoms with Crippen LogP contribution >= 0.6 is 0 Å². The first-order chi connectivity index (χ1) is 13.1. The molecule has 2 aromatic carbocycles. The van der Waals surface area contributed by atoms with E-state index in [0.29, 0.717) is 24.5 Å². The van der Waals surface area contributed by atoms with Gasteiger partial charge in [-0.05, 0) is 42.8 Å². The Morgan fingerprint density at radius 2 is 1.81 bits per heavy atom. The molecule has 0 radical (unpaired) electrons. The van der Waals surface area contributed by atoms with Crippen molar-refractivity contribution >= 4 is 11.6 Å². The Labute approximate surface area is 159 Å². The van der Waals surface area contributed by atoms with E-state index in [0.717, 1.165) is 22.6 Å². The van der Waals surface area contributed by atoms with E-state index in [9.17, 15) is 4.79 Å². The minimum absolute atomic E-state index is 0.0932. The highest BCUT2D eigenvalue weighted by Crippen LogP contribution is 2.35. The fourth-order valence-electron chi connectivity index (χ4n) is 3.20. The molecule has 6 nitrogen and oxygen atoms in total. The molecular formula is C21H24N2O4. The number of hydrogen-bond acceptors (Lipinski definition) is 5. The lowest BCUT2D eigenvalue weighted by Crippen LogP contribution is -2.24. The van der Waals surface area contributed by atoms with Crippen LogP contribution in [-0.4, -0.2) is 37.5 Å². The van der Waals surface area contributed by atoms with Gasteiger partial charge in [-0.1, -0.05) is 12.1 Å². The Kier molecular flexibility index (Phi) is 5.64. The molecule has 142 valence electrons. The van der Waals surface area contributed by atoms with Gasteiger partial charge in [0.05, 0.1) is 32.6 Å². The van der Waals surface area contributed by atoms with Crippen molar-refractivity contribution in [2.75, 3.05) is 20.8 Å². The van der Waals surface area contributed by atoms with Crippen LogP contribution in [0.2, 0.25) is 0 Å². The van der Waals surface area contributed by atoms with Crippen molar-refractivity contribution in [1.29, 1.82) is 0 Å². The third kappa shape index (κ3) is 3.89. The van der Waals surface area contributed by atoms with Crippen LogP contribution < -0.4 is 14.2 Å². The highest BCUT2D eigenvalue weighted by atomic mass is 16.5. The third-order valence-corrected chi connectivity index (χ3v) is 4.53. The smallest absolute Gasteiger partial charge is 0.240 e. The molecule has 3 rings (SSSR count). The van der Waals surface area contributed by atoms with Gasteiger partial charge in [0.15, 0.2) is 11.5 Å². The first kappa shape index (κ1) is 18.8. The second-order valence-electron chi connectivity index (χ2n) is 6.20. The van der Waals surface area contributed by atoms with E-state index in [2.05, 4.69) is 5.10 Å². The molecule has 0 saturated carbocycles. The number of hydrogen-bond donors (Lipinski definition) is 0. The quantitative estimate of drug-likeness (QED) is 0.778. The van der Waals surface area contributed by atoms with E-state index in [1.54, 1.807) is 19.2 Å². The van der Waals surface area contributed by atoms with Crippen molar-refractivity contribution in [1.82, 2.24) is 5.01 Å². The summed E-state index contributed by atoms with van der Waals surface area (Å²) in [6, 6.07) is 13.3. The number of rotatable bonds is 6.